The molecular weight excluding hydrogens is 316 g/mol. The van der Waals surface area contributed by atoms with Gasteiger partial charge in [0, 0.05) is 11.1 Å². The molecule has 0 aromatic heterocycles. The number of carbonyl (C=O) groups excluding carboxylic acids is 1. The molecule has 0 aliphatic carbocycles. The van der Waals surface area contributed by atoms with Gasteiger partial charge in [0.05, 0.1) is 7.11 Å². The number of methoxy groups -OCH3 is 1. The third-order valence-electron chi connectivity index (χ3n) is 4.19. The number of rotatable bonds is 3. The average molecular weight is 332 g/mol. The maximum Gasteiger partial charge on any atom is 0.341 e. The first-order chi connectivity index (χ1) is 12.2. The number of fused-ring (bicyclic) bond motifs is 1. The highest BCUT2D eigenvalue weighted by molar-refractivity contribution is 5.93. The fourth-order valence-corrected chi connectivity index (χ4v) is 3.01. The molecule has 1 aliphatic heterocycles. The van der Waals surface area contributed by atoms with Gasteiger partial charge in [-0.2, -0.15) is 0 Å². The van der Waals surface area contributed by atoms with Crippen LogP contribution in [-0.2, 0) is 10.5 Å². The first kappa shape index (κ1) is 15.3. The van der Waals surface area contributed by atoms with E-state index in [4.69, 9.17) is 14.2 Å². The number of hydrogen-bond donors (Lipinski definition) is 0. The molecule has 0 atom stereocenters. The molecule has 4 nitrogen and oxygen atoms in total. The van der Waals surface area contributed by atoms with Crippen LogP contribution in [0.25, 0.3) is 0 Å². The summed E-state index contributed by atoms with van der Waals surface area (Å²) in [6, 6.07) is 24.5. The van der Waals surface area contributed by atoms with Crippen molar-refractivity contribution in [2.45, 2.75) is 5.79 Å². The van der Waals surface area contributed by atoms with Gasteiger partial charge < -0.3 is 14.2 Å². The molecule has 0 spiro atoms. The summed E-state index contributed by atoms with van der Waals surface area (Å²) in [5.41, 5.74) is 2.02. The fourth-order valence-electron chi connectivity index (χ4n) is 3.01. The van der Waals surface area contributed by atoms with Crippen LogP contribution in [0, 0.1) is 0 Å². The smallest absolute Gasteiger partial charge is 0.341 e. The van der Waals surface area contributed by atoms with E-state index in [9.17, 15) is 4.79 Å². The second kappa shape index (κ2) is 5.98. The summed E-state index contributed by atoms with van der Waals surface area (Å²) < 4.78 is 17.4. The van der Waals surface area contributed by atoms with Gasteiger partial charge in [0.25, 0.3) is 0 Å². The molecule has 25 heavy (non-hydrogen) atoms. The average Bonchev–Trinajstić information content (AvgIpc) is 3.09. The van der Waals surface area contributed by atoms with Crippen molar-refractivity contribution in [3.05, 3.63) is 95.6 Å². The van der Waals surface area contributed by atoms with Gasteiger partial charge in [-0.15, -0.1) is 0 Å². The lowest BCUT2D eigenvalue weighted by Gasteiger charge is -2.28. The predicted octanol–water partition coefficient (Wildman–Crippen LogP) is 4.15. The van der Waals surface area contributed by atoms with Gasteiger partial charge in [0.15, 0.2) is 11.5 Å². The zero-order chi connectivity index (χ0) is 17.3. The molecule has 3 aromatic rings. The topological polar surface area (TPSA) is 44.8 Å². The number of benzene rings is 3. The number of para-hydroxylation sites is 1. The van der Waals surface area contributed by atoms with Gasteiger partial charge in [-0.1, -0.05) is 66.7 Å². The Hall–Kier alpha value is -3.27. The quantitative estimate of drug-likeness (QED) is 0.676. The van der Waals surface area contributed by atoms with Crippen molar-refractivity contribution in [2.24, 2.45) is 0 Å². The lowest BCUT2D eigenvalue weighted by molar-refractivity contribution is -0.0462. The fraction of sp³-hybridized carbons (Fsp3) is 0.0952. The Morgan fingerprint density at radius 1 is 0.800 bits per heavy atom. The van der Waals surface area contributed by atoms with Crippen LogP contribution in [0.2, 0.25) is 0 Å². The monoisotopic (exact) mass is 332 g/mol. The van der Waals surface area contributed by atoms with Crippen molar-refractivity contribution < 1.29 is 19.0 Å². The summed E-state index contributed by atoms with van der Waals surface area (Å²) in [6.45, 7) is 0. The molecule has 4 heteroatoms. The minimum absolute atomic E-state index is 0.341. The Labute approximate surface area is 145 Å². The van der Waals surface area contributed by atoms with Gasteiger partial charge in [0.1, 0.15) is 5.56 Å². The molecule has 0 fully saturated rings. The van der Waals surface area contributed by atoms with Crippen LogP contribution in [-0.4, -0.2) is 13.1 Å². The molecule has 0 N–H and O–H groups in total. The molecular formula is C21H16O4. The maximum absolute atomic E-state index is 12.1. The van der Waals surface area contributed by atoms with Crippen molar-refractivity contribution in [1.82, 2.24) is 0 Å². The van der Waals surface area contributed by atoms with E-state index in [1.54, 1.807) is 18.2 Å². The summed E-state index contributed by atoms with van der Waals surface area (Å²) in [4.78, 5) is 12.1. The maximum atomic E-state index is 12.1. The SMILES string of the molecule is COC(=O)c1cccc2c1OC(c1ccccc1)(c1ccccc1)O2. The second-order valence-electron chi connectivity index (χ2n) is 5.68. The van der Waals surface area contributed by atoms with E-state index in [0.717, 1.165) is 11.1 Å². The lowest BCUT2D eigenvalue weighted by atomic mass is 9.97. The van der Waals surface area contributed by atoms with Crippen LogP contribution >= 0.6 is 0 Å². The number of ether oxygens (including phenoxy) is 3. The first-order valence-corrected chi connectivity index (χ1v) is 7.95. The number of hydrogen-bond acceptors (Lipinski definition) is 4. The molecule has 0 unspecified atom stereocenters. The Kier molecular flexibility index (Phi) is 3.65. The van der Waals surface area contributed by atoms with Crippen LogP contribution < -0.4 is 9.47 Å². The minimum atomic E-state index is -1.14. The Bertz CT molecular complexity index is 864. The van der Waals surface area contributed by atoms with E-state index in [-0.39, 0.29) is 0 Å². The molecule has 4 rings (SSSR count). The molecule has 0 amide bonds. The number of carbonyl (C=O) groups is 1. The minimum Gasteiger partial charge on any atom is -0.465 e. The largest absolute Gasteiger partial charge is 0.465 e. The molecule has 1 aliphatic rings. The summed E-state index contributed by atoms with van der Waals surface area (Å²) in [6.07, 6.45) is 0. The molecule has 3 aromatic carbocycles. The Morgan fingerprint density at radius 3 is 1.96 bits per heavy atom. The third-order valence-corrected chi connectivity index (χ3v) is 4.19. The van der Waals surface area contributed by atoms with Gasteiger partial charge in [-0.25, -0.2) is 4.79 Å². The second-order valence-corrected chi connectivity index (χ2v) is 5.68. The lowest BCUT2D eigenvalue weighted by Crippen LogP contribution is -2.36. The standard InChI is InChI=1S/C21H16O4/c1-23-20(22)17-13-8-14-18-19(17)25-21(24-18,15-9-4-2-5-10-15)16-11-6-3-7-12-16/h2-14H,1H3. The van der Waals surface area contributed by atoms with Crippen molar-refractivity contribution in [3.8, 4) is 11.5 Å². The van der Waals surface area contributed by atoms with Crippen molar-refractivity contribution in [2.75, 3.05) is 7.11 Å². The Balaban J connectivity index is 1.90. The number of esters is 1. The zero-order valence-electron chi connectivity index (χ0n) is 13.6. The molecule has 0 saturated heterocycles. The summed E-state index contributed by atoms with van der Waals surface area (Å²) in [5.74, 6) is -0.704. The Morgan fingerprint density at radius 2 is 1.40 bits per heavy atom. The molecule has 0 bridgehead atoms. The van der Waals surface area contributed by atoms with E-state index in [1.165, 1.54) is 7.11 Å². The van der Waals surface area contributed by atoms with Crippen LogP contribution in [0.3, 0.4) is 0 Å². The van der Waals surface area contributed by atoms with Crippen LogP contribution in [0.1, 0.15) is 21.5 Å². The molecule has 0 radical (unpaired) electrons. The van der Waals surface area contributed by atoms with E-state index in [1.807, 2.05) is 60.7 Å². The summed E-state index contributed by atoms with van der Waals surface area (Å²) >= 11 is 0. The van der Waals surface area contributed by atoms with E-state index in [0.29, 0.717) is 17.1 Å². The summed E-state index contributed by atoms with van der Waals surface area (Å²) in [5, 5.41) is 0. The van der Waals surface area contributed by atoms with Crippen molar-refractivity contribution in [1.29, 1.82) is 0 Å². The van der Waals surface area contributed by atoms with Gasteiger partial charge in [-0.3, -0.25) is 0 Å². The van der Waals surface area contributed by atoms with Gasteiger partial charge in [0.2, 0.25) is 0 Å². The highest BCUT2D eigenvalue weighted by Crippen LogP contribution is 2.49. The van der Waals surface area contributed by atoms with E-state index >= 15 is 0 Å². The van der Waals surface area contributed by atoms with Gasteiger partial charge >= 0.3 is 11.8 Å². The summed E-state index contributed by atoms with van der Waals surface area (Å²) in [7, 11) is 1.35. The van der Waals surface area contributed by atoms with E-state index < -0.39 is 11.8 Å². The highest BCUT2D eigenvalue weighted by Gasteiger charge is 2.46. The van der Waals surface area contributed by atoms with Crippen molar-refractivity contribution in [3.63, 3.8) is 0 Å². The van der Waals surface area contributed by atoms with Crippen LogP contribution in [0.4, 0.5) is 0 Å². The predicted molar refractivity (Wildman–Crippen MR) is 92.7 cm³/mol. The normalized spacial score (nSPS) is 14.1. The zero-order valence-corrected chi connectivity index (χ0v) is 13.6. The van der Waals surface area contributed by atoms with E-state index in [2.05, 4.69) is 0 Å². The molecule has 0 saturated carbocycles. The van der Waals surface area contributed by atoms with Crippen LogP contribution in [0.5, 0.6) is 11.5 Å². The highest BCUT2D eigenvalue weighted by atomic mass is 16.7. The third kappa shape index (κ3) is 2.43. The molecule has 1 heterocycles. The molecule has 124 valence electrons. The van der Waals surface area contributed by atoms with Crippen LogP contribution in [0.15, 0.2) is 78.9 Å². The van der Waals surface area contributed by atoms with Crippen molar-refractivity contribution >= 4 is 5.97 Å². The van der Waals surface area contributed by atoms with Gasteiger partial charge in [-0.05, 0) is 12.1 Å². The first-order valence-electron chi connectivity index (χ1n) is 7.95.